The van der Waals surface area contributed by atoms with Crippen molar-refractivity contribution in [1.82, 2.24) is 0 Å². The van der Waals surface area contributed by atoms with E-state index in [9.17, 15) is 9.90 Å². The van der Waals surface area contributed by atoms with Crippen LogP contribution in [-0.4, -0.2) is 35.1 Å². The van der Waals surface area contributed by atoms with Gasteiger partial charge in [-0.1, -0.05) is 15.9 Å². The monoisotopic (exact) mass is 339 g/mol. The zero-order valence-corrected chi connectivity index (χ0v) is 12.8. The quantitative estimate of drug-likeness (QED) is 0.856. The SMILES string of the molecule is O=C1CCc2cc(OCCBr)ccc2N1C1CC(O)C1. The van der Waals surface area contributed by atoms with Crippen molar-refractivity contribution in [2.24, 2.45) is 0 Å². The highest BCUT2D eigenvalue weighted by molar-refractivity contribution is 9.09. The van der Waals surface area contributed by atoms with Gasteiger partial charge < -0.3 is 14.7 Å². The van der Waals surface area contributed by atoms with Gasteiger partial charge >= 0.3 is 0 Å². The van der Waals surface area contributed by atoms with Gasteiger partial charge in [-0.15, -0.1) is 0 Å². The molecule has 0 spiro atoms. The molecule has 20 heavy (non-hydrogen) atoms. The maximum Gasteiger partial charge on any atom is 0.227 e. The molecule has 1 N–H and O–H groups in total. The third-order valence-electron chi connectivity index (χ3n) is 3.99. The maximum atomic E-state index is 12.2. The molecule has 1 aromatic rings. The van der Waals surface area contributed by atoms with Gasteiger partial charge in [0.05, 0.1) is 12.7 Å². The number of alkyl halides is 1. The summed E-state index contributed by atoms with van der Waals surface area (Å²) < 4.78 is 5.61. The lowest BCUT2D eigenvalue weighted by atomic mass is 9.85. The Labute approximate surface area is 126 Å². The molecule has 1 fully saturated rings. The van der Waals surface area contributed by atoms with Crippen molar-refractivity contribution in [1.29, 1.82) is 0 Å². The summed E-state index contributed by atoms with van der Waals surface area (Å²) in [5, 5.41) is 10.3. The highest BCUT2D eigenvalue weighted by atomic mass is 79.9. The third-order valence-corrected chi connectivity index (χ3v) is 4.31. The molecular weight excluding hydrogens is 322 g/mol. The second kappa shape index (κ2) is 5.74. The van der Waals surface area contributed by atoms with Gasteiger partial charge in [0.1, 0.15) is 5.75 Å². The Morgan fingerprint density at radius 2 is 2.15 bits per heavy atom. The number of benzene rings is 1. The van der Waals surface area contributed by atoms with Gasteiger partial charge in [0.25, 0.3) is 0 Å². The highest BCUT2D eigenvalue weighted by Crippen LogP contribution is 2.37. The lowest BCUT2D eigenvalue weighted by Crippen LogP contribution is -2.51. The summed E-state index contributed by atoms with van der Waals surface area (Å²) in [5.41, 5.74) is 2.16. The third kappa shape index (κ3) is 2.56. The standard InChI is InChI=1S/C15H18BrNO3/c16-5-6-20-13-2-3-14-10(7-13)1-4-15(19)17(14)11-8-12(18)9-11/h2-3,7,11-12,18H,1,4-6,8-9H2. The van der Waals surface area contributed by atoms with Gasteiger partial charge in [-0.05, 0) is 43.0 Å². The minimum atomic E-state index is -0.250. The van der Waals surface area contributed by atoms with E-state index in [1.807, 2.05) is 23.1 Å². The first-order valence-electron chi connectivity index (χ1n) is 7.01. The van der Waals surface area contributed by atoms with Crippen LogP contribution in [0.3, 0.4) is 0 Å². The Balaban J connectivity index is 1.83. The smallest absolute Gasteiger partial charge is 0.227 e. The van der Waals surface area contributed by atoms with Crippen molar-refractivity contribution in [3.63, 3.8) is 0 Å². The zero-order valence-electron chi connectivity index (χ0n) is 11.2. The number of halogens is 1. The van der Waals surface area contributed by atoms with E-state index >= 15 is 0 Å². The van der Waals surface area contributed by atoms with Crippen LogP contribution in [0, 0.1) is 0 Å². The molecule has 3 rings (SSSR count). The molecule has 0 unspecified atom stereocenters. The fourth-order valence-electron chi connectivity index (χ4n) is 2.91. The van der Waals surface area contributed by atoms with Crippen LogP contribution >= 0.6 is 15.9 Å². The van der Waals surface area contributed by atoms with E-state index in [1.165, 1.54) is 0 Å². The van der Waals surface area contributed by atoms with Crippen molar-refractivity contribution in [3.8, 4) is 5.75 Å². The average molecular weight is 340 g/mol. The van der Waals surface area contributed by atoms with Crippen molar-refractivity contribution in [2.75, 3.05) is 16.8 Å². The van der Waals surface area contributed by atoms with Gasteiger partial charge in [0.2, 0.25) is 5.91 Å². The number of aliphatic hydroxyl groups excluding tert-OH is 1. The summed E-state index contributed by atoms with van der Waals surface area (Å²) in [5.74, 6) is 1.02. The molecule has 5 heteroatoms. The summed E-state index contributed by atoms with van der Waals surface area (Å²) in [6.07, 6.45) is 2.44. The molecule has 1 aliphatic carbocycles. The molecule has 1 aromatic carbocycles. The predicted octanol–water partition coefficient (Wildman–Crippen LogP) is 2.26. The maximum absolute atomic E-state index is 12.2. The Morgan fingerprint density at radius 3 is 2.85 bits per heavy atom. The minimum absolute atomic E-state index is 0.158. The van der Waals surface area contributed by atoms with Crippen LogP contribution in [0.1, 0.15) is 24.8 Å². The largest absolute Gasteiger partial charge is 0.493 e. The number of rotatable bonds is 4. The number of anilines is 1. The number of nitrogens with zero attached hydrogens (tertiary/aromatic N) is 1. The van der Waals surface area contributed by atoms with Crippen LogP contribution in [0.15, 0.2) is 18.2 Å². The lowest BCUT2D eigenvalue weighted by molar-refractivity contribution is -0.120. The summed E-state index contributed by atoms with van der Waals surface area (Å²) in [4.78, 5) is 14.0. The van der Waals surface area contributed by atoms with Gasteiger partial charge in [-0.2, -0.15) is 0 Å². The molecule has 1 saturated carbocycles. The average Bonchev–Trinajstić information content (AvgIpc) is 2.42. The summed E-state index contributed by atoms with van der Waals surface area (Å²) in [7, 11) is 0. The number of fused-ring (bicyclic) bond motifs is 1. The van der Waals surface area contributed by atoms with Gasteiger partial charge in [-0.25, -0.2) is 0 Å². The Hall–Kier alpha value is -1.07. The second-order valence-corrected chi connectivity index (χ2v) is 6.16. The van der Waals surface area contributed by atoms with Crippen LogP contribution in [-0.2, 0) is 11.2 Å². The van der Waals surface area contributed by atoms with E-state index < -0.39 is 0 Å². The van der Waals surface area contributed by atoms with E-state index in [0.29, 0.717) is 25.9 Å². The van der Waals surface area contributed by atoms with E-state index in [1.54, 1.807) is 0 Å². The molecule has 1 aliphatic heterocycles. The van der Waals surface area contributed by atoms with E-state index in [2.05, 4.69) is 15.9 Å². The van der Waals surface area contributed by atoms with Gasteiger partial charge in [0.15, 0.2) is 0 Å². The zero-order chi connectivity index (χ0) is 14.1. The Morgan fingerprint density at radius 1 is 1.35 bits per heavy atom. The van der Waals surface area contributed by atoms with Crippen molar-refractivity contribution >= 4 is 27.5 Å². The molecule has 4 nitrogen and oxygen atoms in total. The first-order chi connectivity index (χ1) is 9.69. The number of aliphatic hydroxyl groups is 1. The Kier molecular flexibility index (Phi) is 3.98. The molecule has 0 atom stereocenters. The Bertz CT molecular complexity index is 514. The molecule has 108 valence electrons. The van der Waals surface area contributed by atoms with Gasteiger partial charge in [-0.3, -0.25) is 4.79 Å². The van der Waals surface area contributed by atoms with Crippen LogP contribution in [0.5, 0.6) is 5.75 Å². The van der Waals surface area contributed by atoms with Gasteiger partial charge in [0, 0.05) is 23.5 Å². The van der Waals surface area contributed by atoms with Crippen molar-refractivity contribution < 1.29 is 14.6 Å². The first-order valence-corrected chi connectivity index (χ1v) is 8.13. The normalized spacial score (nSPS) is 25.1. The van der Waals surface area contributed by atoms with Crippen LogP contribution in [0.4, 0.5) is 5.69 Å². The molecule has 0 radical (unpaired) electrons. The van der Waals surface area contributed by atoms with Crippen LogP contribution in [0.2, 0.25) is 0 Å². The molecule has 0 bridgehead atoms. The van der Waals surface area contributed by atoms with Crippen LogP contribution < -0.4 is 9.64 Å². The van der Waals surface area contributed by atoms with Crippen LogP contribution in [0.25, 0.3) is 0 Å². The molecule has 2 aliphatic rings. The minimum Gasteiger partial charge on any atom is -0.493 e. The number of carbonyl (C=O) groups excluding carboxylic acids is 1. The highest BCUT2D eigenvalue weighted by Gasteiger charge is 2.38. The summed E-state index contributed by atoms with van der Waals surface area (Å²) >= 11 is 3.34. The second-order valence-electron chi connectivity index (χ2n) is 5.37. The van der Waals surface area contributed by atoms with E-state index in [4.69, 9.17) is 4.74 Å². The number of amides is 1. The number of ether oxygens (including phenoxy) is 1. The summed E-state index contributed by atoms with van der Waals surface area (Å²) in [6, 6.07) is 6.08. The number of carbonyl (C=O) groups is 1. The molecule has 1 amide bonds. The molecule has 0 aromatic heterocycles. The van der Waals surface area contributed by atoms with Crippen molar-refractivity contribution in [2.45, 2.75) is 37.8 Å². The summed E-state index contributed by atoms with van der Waals surface area (Å²) in [6.45, 7) is 0.635. The first kappa shape index (κ1) is 13.9. The van der Waals surface area contributed by atoms with Crippen molar-refractivity contribution in [3.05, 3.63) is 23.8 Å². The lowest BCUT2D eigenvalue weighted by Gasteiger charge is -2.43. The molecule has 1 heterocycles. The van der Waals surface area contributed by atoms with E-state index in [-0.39, 0.29) is 18.1 Å². The fraction of sp³-hybridized carbons (Fsp3) is 0.533. The number of aryl methyl sites for hydroxylation is 1. The molecular formula is C15H18BrNO3. The topological polar surface area (TPSA) is 49.8 Å². The number of hydrogen-bond donors (Lipinski definition) is 1. The number of hydrogen-bond acceptors (Lipinski definition) is 3. The predicted molar refractivity (Wildman–Crippen MR) is 80.6 cm³/mol. The molecule has 0 saturated heterocycles. The van der Waals surface area contributed by atoms with E-state index in [0.717, 1.165) is 28.8 Å². The fourth-order valence-corrected chi connectivity index (χ4v) is 3.07.